The van der Waals surface area contributed by atoms with Crippen LogP contribution in [-0.2, 0) is 7.05 Å². The summed E-state index contributed by atoms with van der Waals surface area (Å²) in [5.41, 5.74) is 8.01. The van der Waals surface area contributed by atoms with Crippen LogP contribution in [0.5, 0.6) is 0 Å². The van der Waals surface area contributed by atoms with E-state index in [1.54, 1.807) is 17.9 Å². The molecule has 2 N–H and O–H groups in total. The zero-order chi connectivity index (χ0) is 10.7. The number of hydrogen-bond acceptors (Lipinski definition) is 3. The Labute approximate surface area is 87.7 Å². The summed E-state index contributed by atoms with van der Waals surface area (Å²) in [6.45, 7) is 0. The topological polar surface area (TPSA) is 56.7 Å². The molecule has 0 unspecified atom stereocenters. The summed E-state index contributed by atoms with van der Waals surface area (Å²) in [5.74, 6) is 5.97. The van der Waals surface area contributed by atoms with Gasteiger partial charge in [0.15, 0.2) is 0 Å². The summed E-state index contributed by atoms with van der Waals surface area (Å²) in [7, 11) is 1.80. The third kappa shape index (κ3) is 2.15. The molecule has 74 valence electrons. The van der Waals surface area contributed by atoms with Crippen molar-refractivity contribution < 1.29 is 0 Å². The third-order valence-electron chi connectivity index (χ3n) is 1.94. The van der Waals surface area contributed by atoms with E-state index in [0.717, 1.165) is 11.3 Å². The fourth-order valence-electron chi connectivity index (χ4n) is 1.16. The number of nitrogen functional groups attached to an aromatic ring is 1. The molecular formula is C11H10N4. The molecule has 0 spiro atoms. The highest BCUT2D eigenvalue weighted by atomic mass is 15.4. The molecule has 0 aliphatic carbocycles. The van der Waals surface area contributed by atoms with Crippen molar-refractivity contribution >= 4 is 5.69 Å². The molecule has 1 aromatic carbocycles. The largest absolute Gasteiger partial charge is 0.399 e. The molecule has 0 amide bonds. The van der Waals surface area contributed by atoms with Gasteiger partial charge in [0.1, 0.15) is 5.69 Å². The average Bonchev–Trinajstić information content (AvgIpc) is 2.61. The fraction of sp³-hybridized carbons (Fsp3) is 0.0909. The van der Waals surface area contributed by atoms with Crippen LogP contribution in [0.25, 0.3) is 0 Å². The van der Waals surface area contributed by atoms with Crippen LogP contribution in [0.15, 0.2) is 30.5 Å². The summed E-state index contributed by atoms with van der Waals surface area (Å²) in [6.07, 6.45) is 1.62. The van der Waals surface area contributed by atoms with Crippen molar-refractivity contribution in [3.8, 4) is 11.8 Å². The Kier molecular flexibility index (Phi) is 2.38. The maximum Gasteiger partial charge on any atom is 0.131 e. The van der Waals surface area contributed by atoms with Crippen LogP contribution in [0.3, 0.4) is 0 Å². The van der Waals surface area contributed by atoms with Gasteiger partial charge in [-0.15, -0.1) is 5.10 Å². The van der Waals surface area contributed by atoms with Gasteiger partial charge in [-0.2, -0.15) is 0 Å². The number of anilines is 1. The summed E-state index contributed by atoms with van der Waals surface area (Å²) in [5, 5.41) is 7.52. The highest BCUT2D eigenvalue weighted by Gasteiger charge is 1.93. The fourth-order valence-corrected chi connectivity index (χ4v) is 1.16. The minimum Gasteiger partial charge on any atom is -0.399 e. The van der Waals surface area contributed by atoms with Crippen molar-refractivity contribution in [2.24, 2.45) is 7.05 Å². The van der Waals surface area contributed by atoms with Crippen LogP contribution < -0.4 is 5.73 Å². The molecule has 0 saturated carbocycles. The summed E-state index contributed by atoms with van der Waals surface area (Å²) in [6, 6.07) is 7.45. The van der Waals surface area contributed by atoms with E-state index in [-0.39, 0.29) is 0 Å². The number of aryl methyl sites for hydroxylation is 1. The van der Waals surface area contributed by atoms with Crippen molar-refractivity contribution in [3.63, 3.8) is 0 Å². The van der Waals surface area contributed by atoms with E-state index in [0.29, 0.717) is 5.69 Å². The molecule has 0 aliphatic rings. The second-order valence-electron chi connectivity index (χ2n) is 3.12. The van der Waals surface area contributed by atoms with Gasteiger partial charge in [0, 0.05) is 18.3 Å². The second-order valence-corrected chi connectivity index (χ2v) is 3.12. The SMILES string of the molecule is Cn1nncc1C#Cc1cccc(N)c1. The van der Waals surface area contributed by atoms with Gasteiger partial charge in [-0.25, -0.2) is 4.68 Å². The van der Waals surface area contributed by atoms with Gasteiger partial charge < -0.3 is 5.73 Å². The van der Waals surface area contributed by atoms with E-state index in [1.165, 1.54) is 0 Å². The van der Waals surface area contributed by atoms with E-state index < -0.39 is 0 Å². The zero-order valence-electron chi connectivity index (χ0n) is 8.31. The molecule has 15 heavy (non-hydrogen) atoms. The standard InChI is InChI=1S/C11H10N4/c1-15-11(8-13-14-15)6-5-9-3-2-4-10(12)7-9/h2-4,7-8H,12H2,1H3. The number of aromatic nitrogens is 3. The molecule has 4 heteroatoms. The predicted molar refractivity (Wildman–Crippen MR) is 57.8 cm³/mol. The molecule has 4 nitrogen and oxygen atoms in total. The minimum atomic E-state index is 0.713. The number of nitrogens with zero attached hydrogens (tertiary/aromatic N) is 3. The first-order chi connectivity index (χ1) is 7.25. The highest BCUT2D eigenvalue weighted by Crippen LogP contribution is 2.04. The van der Waals surface area contributed by atoms with Crippen molar-refractivity contribution in [3.05, 3.63) is 41.7 Å². The molecule has 0 fully saturated rings. The van der Waals surface area contributed by atoms with E-state index in [1.807, 2.05) is 24.3 Å². The minimum absolute atomic E-state index is 0.713. The van der Waals surface area contributed by atoms with Crippen LogP contribution >= 0.6 is 0 Å². The van der Waals surface area contributed by atoms with Gasteiger partial charge >= 0.3 is 0 Å². The van der Waals surface area contributed by atoms with Crippen LogP contribution in [0, 0.1) is 11.8 Å². The van der Waals surface area contributed by atoms with Crippen LogP contribution in [-0.4, -0.2) is 15.0 Å². The van der Waals surface area contributed by atoms with Gasteiger partial charge in [0.05, 0.1) is 6.20 Å². The molecule has 0 aliphatic heterocycles. The molecular weight excluding hydrogens is 188 g/mol. The Morgan fingerprint density at radius 1 is 1.33 bits per heavy atom. The van der Waals surface area contributed by atoms with Crippen LogP contribution in [0.1, 0.15) is 11.3 Å². The number of rotatable bonds is 0. The zero-order valence-corrected chi connectivity index (χ0v) is 8.31. The Hall–Kier alpha value is -2.28. The predicted octanol–water partition coefficient (Wildman–Crippen LogP) is 0.797. The number of hydrogen-bond donors (Lipinski definition) is 1. The summed E-state index contributed by atoms with van der Waals surface area (Å²) >= 11 is 0. The Morgan fingerprint density at radius 2 is 2.20 bits per heavy atom. The molecule has 2 rings (SSSR count). The van der Waals surface area contributed by atoms with Gasteiger partial charge in [-0.05, 0) is 24.1 Å². The normalized spacial score (nSPS) is 9.40. The molecule has 0 atom stereocenters. The second kappa shape index (κ2) is 3.84. The van der Waals surface area contributed by atoms with Crippen molar-refractivity contribution in [2.75, 3.05) is 5.73 Å². The lowest BCUT2D eigenvalue weighted by Gasteiger charge is -1.92. The average molecular weight is 198 g/mol. The number of nitrogens with two attached hydrogens (primary N) is 1. The van der Waals surface area contributed by atoms with E-state index >= 15 is 0 Å². The van der Waals surface area contributed by atoms with Crippen molar-refractivity contribution in [2.45, 2.75) is 0 Å². The molecule has 2 aromatic rings. The summed E-state index contributed by atoms with van der Waals surface area (Å²) < 4.78 is 1.62. The Bertz CT molecular complexity index is 531. The Balaban J connectivity index is 2.30. The number of benzene rings is 1. The van der Waals surface area contributed by atoms with E-state index in [9.17, 15) is 0 Å². The van der Waals surface area contributed by atoms with Gasteiger partial charge in [0.25, 0.3) is 0 Å². The van der Waals surface area contributed by atoms with Gasteiger partial charge in [-0.1, -0.05) is 17.2 Å². The lowest BCUT2D eigenvalue weighted by molar-refractivity contribution is 0.708. The molecule has 0 saturated heterocycles. The Morgan fingerprint density at radius 3 is 2.87 bits per heavy atom. The van der Waals surface area contributed by atoms with Gasteiger partial charge in [-0.3, -0.25) is 0 Å². The first kappa shape index (κ1) is 9.28. The monoisotopic (exact) mass is 198 g/mol. The maximum atomic E-state index is 5.64. The quantitative estimate of drug-likeness (QED) is 0.503. The van der Waals surface area contributed by atoms with E-state index in [2.05, 4.69) is 22.2 Å². The molecule has 1 heterocycles. The molecule has 0 bridgehead atoms. The van der Waals surface area contributed by atoms with Gasteiger partial charge in [0.2, 0.25) is 0 Å². The first-order valence-electron chi connectivity index (χ1n) is 4.48. The summed E-state index contributed by atoms with van der Waals surface area (Å²) in [4.78, 5) is 0. The lowest BCUT2D eigenvalue weighted by atomic mass is 10.2. The molecule has 0 radical (unpaired) electrons. The van der Waals surface area contributed by atoms with Crippen LogP contribution in [0.2, 0.25) is 0 Å². The third-order valence-corrected chi connectivity index (χ3v) is 1.94. The smallest absolute Gasteiger partial charge is 0.131 e. The lowest BCUT2D eigenvalue weighted by Crippen LogP contribution is -1.93. The van der Waals surface area contributed by atoms with Crippen molar-refractivity contribution in [1.82, 2.24) is 15.0 Å². The highest BCUT2D eigenvalue weighted by molar-refractivity contribution is 5.48. The van der Waals surface area contributed by atoms with E-state index in [4.69, 9.17) is 5.73 Å². The maximum absolute atomic E-state index is 5.64. The van der Waals surface area contributed by atoms with Crippen molar-refractivity contribution in [1.29, 1.82) is 0 Å². The van der Waals surface area contributed by atoms with Crippen LogP contribution in [0.4, 0.5) is 5.69 Å². The molecule has 1 aromatic heterocycles. The first-order valence-corrected chi connectivity index (χ1v) is 4.48.